The predicted molar refractivity (Wildman–Crippen MR) is 37.3 cm³/mol. The number of rotatable bonds is 4. The van der Waals surface area contributed by atoms with Crippen molar-refractivity contribution in [2.45, 2.75) is 0 Å². The lowest BCUT2D eigenvalue weighted by Crippen LogP contribution is -2.10. The first-order valence-electron chi connectivity index (χ1n) is 2.10. The van der Waals surface area contributed by atoms with E-state index in [1.54, 1.807) is 11.4 Å². The molecule has 40 valence electrons. The molecular weight excluding hydrogens is 132 g/mol. The molecule has 0 aromatic rings. The van der Waals surface area contributed by atoms with Crippen LogP contribution in [0.1, 0.15) is 0 Å². The summed E-state index contributed by atoms with van der Waals surface area (Å²) < 4.78 is 0. The molecule has 4 radical (unpaired) electrons. The highest BCUT2D eigenvalue weighted by molar-refractivity contribution is 7.06. The molecule has 0 fully saturated rings. The first-order valence-corrected chi connectivity index (χ1v) is 4.25. The molecule has 8 heavy (non-hydrogen) atoms. The zero-order valence-electron chi connectivity index (χ0n) is 4.48. The fraction of sp³-hybridized carbons (Fsp3) is 0. The van der Waals surface area contributed by atoms with E-state index in [0.717, 1.165) is 0 Å². The van der Waals surface area contributed by atoms with Crippen LogP contribution in [0.3, 0.4) is 0 Å². The molecule has 1 nitrogen and oxygen atoms in total. The van der Waals surface area contributed by atoms with E-state index in [9.17, 15) is 4.79 Å². The summed E-state index contributed by atoms with van der Waals surface area (Å²) >= 11 is 0. The second kappa shape index (κ2) is 4.74. The van der Waals surface area contributed by atoms with Gasteiger partial charge in [-0.3, -0.25) is 0 Å². The zero-order chi connectivity index (χ0) is 6.41. The van der Waals surface area contributed by atoms with Crippen LogP contribution in [-0.2, 0) is 0 Å². The average molecular weight is 138 g/mol. The lowest BCUT2D eigenvalue weighted by atomic mass is 11.3. The fourth-order valence-corrected chi connectivity index (χ4v) is 1.54. The number of hydrogen-bond acceptors (Lipinski definition) is 1. The minimum absolute atomic E-state index is 0.231. The minimum Gasteiger partial charge on any atom is -0.311 e. The van der Waals surface area contributed by atoms with E-state index in [-0.39, 0.29) is 24.1 Å². The van der Waals surface area contributed by atoms with Crippen LogP contribution in [0.5, 0.6) is 0 Å². The highest BCUT2D eigenvalue weighted by atomic mass is 28.3. The molecule has 0 bridgehead atoms. The van der Waals surface area contributed by atoms with Crippen LogP contribution in [0.15, 0.2) is 24.6 Å². The maximum Gasteiger partial charge on any atom is 0.155 e. The van der Waals surface area contributed by atoms with Gasteiger partial charge in [-0.15, -0.1) is 13.2 Å². The Morgan fingerprint density at radius 2 is 1.62 bits per heavy atom. The van der Waals surface area contributed by atoms with Crippen molar-refractivity contribution in [3.8, 4) is 0 Å². The van der Waals surface area contributed by atoms with Crippen molar-refractivity contribution in [1.29, 1.82) is 0 Å². The maximum atomic E-state index is 10.5. The fourth-order valence-electron chi connectivity index (χ4n) is 0.227. The summed E-state index contributed by atoms with van der Waals surface area (Å²) in [5.74, 6) is 0. The van der Waals surface area contributed by atoms with Crippen LogP contribution >= 0.6 is 0 Å². The van der Waals surface area contributed by atoms with Crippen molar-refractivity contribution in [2.75, 3.05) is 0 Å². The molecule has 0 atom stereocenters. The van der Waals surface area contributed by atoms with Gasteiger partial charge in [0.25, 0.3) is 0 Å². The molecular formula is C5H6OSi2. The topological polar surface area (TPSA) is 17.1 Å². The third kappa shape index (κ3) is 3.76. The van der Waals surface area contributed by atoms with E-state index in [2.05, 4.69) is 13.2 Å². The van der Waals surface area contributed by atoms with E-state index in [1.165, 1.54) is 0 Å². The molecule has 0 saturated heterocycles. The van der Waals surface area contributed by atoms with E-state index in [4.69, 9.17) is 0 Å². The van der Waals surface area contributed by atoms with Crippen LogP contribution in [0.25, 0.3) is 0 Å². The largest absolute Gasteiger partial charge is 0.311 e. The molecule has 0 rings (SSSR count). The van der Waals surface area contributed by atoms with Gasteiger partial charge in [0, 0.05) is 0 Å². The van der Waals surface area contributed by atoms with Gasteiger partial charge in [-0.25, -0.2) is 0 Å². The second-order valence-corrected chi connectivity index (χ2v) is 3.83. The predicted octanol–water partition coefficient (Wildman–Crippen LogP) is 0.802. The summed E-state index contributed by atoms with van der Waals surface area (Å²) in [6.07, 6.45) is 0. The Kier molecular flexibility index (Phi) is 4.49. The van der Waals surface area contributed by atoms with Crippen molar-refractivity contribution in [3.63, 3.8) is 0 Å². The SMILES string of the molecule is C=C[Si]C(=O)[Si]C=C. The van der Waals surface area contributed by atoms with E-state index in [0.29, 0.717) is 0 Å². The molecule has 0 aromatic heterocycles. The van der Waals surface area contributed by atoms with Gasteiger partial charge in [0.15, 0.2) is 19.0 Å². The third-order valence-corrected chi connectivity index (χ3v) is 2.26. The van der Waals surface area contributed by atoms with Crippen molar-refractivity contribution < 1.29 is 4.79 Å². The monoisotopic (exact) mass is 138 g/mol. The maximum absolute atomic E-state index is 10.5. The van der Waals surface area contributed by atoms with E-state index in [1.807, 2.05) is 0 Å². The summed E-state index contributed by atoms with van der Waals surface area (Å²) in [6.45, 7) is 6.89. The third-order valence-electron chi connectivity index (χ3n) is 0.466. The van der Waals surface area contributed by atoms with Gasteiger partial charge in [-0.1, -0.05) is 11.4 Å². The van der Waals surface area contributed by atoms with Crippen LogP contribution in [0.4, 0.5) is 4.79 Å². The molecule has 0 N–H and O–H groups in total. The van der Waals surface area contributed by atoms with Crippen LogP contribution < -0.4 is 0 Å². The molecule has 0 aliphatic rings. The molecule has 0 amide bonds. The van der Waals surface area contributed by atoms with Gasteiger partial charge in [-0.2, -0.15) is 0 Å². The average Bonchev–Trinajstić information content (AvgIpc) is 1.68. The summed E-state index contributed by atoms with van der Waals surface area (Å²) in [5.41, 5.74) is 3.28. The Morgan fingerprint density at radius 3 is 1.88 bits per heavy atom. The first kappa shape index (κ1) is 7.58. The summed E-state index contributed by atoms with van der Waals surface area (Å²) in [5, 5.41) is 0.231. The molecule has 0 unspecified atom stereocenters. The molecule has 3 heteroatoms. The normalized spacial score (nSPS) is 8.00. The highest BCUT2D eigenvalue weighted by Crippen LogP contribution is 1.71. The Hall–Kier alpha value is -0.416. The molecule has 0 aliphatic heterocycles. The van der Waals surface area contributed by atoms with E-state index >= 15 is 0 Å². The van der Waals surface area contributed by atoms with Gasteiger partial charge < -0.3 is 4.79 Å². The van der Waals surface area contributed by atoms with Gasteiger partial charge in [-0.05, 0) is 0 Å². The van der Waals surface area contributed by atoms with Crippen molar-refractivity contribution in [2.24, 2.45) is 0 Å². The quantitative estimate of drug-likeness (QED) is 0.525. The second-order valence-electron chi connectivity index (χ2n) is 1.03. The number of hydrogen-bond donors (Lipinski definition) is 0. The van der Waals surface area contributed by atoms with Crippen molar-refractivity contribution in [1.82, 2.24) is 0 Å². The summed E-state index contributed by atoms with van der Waals surface area (Å²) in [7, 11) is 0.523. The molecule has 0 heterocycles. The van der Waals surface area contributed by atoms with Gasteiger partial charge in [0.1, 0.15) is 0 Å². The minimum atomic E-state index is 0.231. The van der Waals surface area contributed by atoms with Crippen LogP contribution in [-0.4, -0.2) is 24.1 Å². The summed E-state index contributed by atoms with van der Waals surface area (Å²) in [6, 6.07) is 0. The van der Waals surface area contributed by atoms with Crippen LogP contribution in [0, 0.1) is 0 Å². The van der Waals surface area contributed by atoms with Gasteiger partial charge >= 0.3 is 0 Å². The molecule has 0 aliphatic carbocycles. The Balaban J connectivity index is 3.32. The van der Waals surface area contributed by atoms with Crippen LogP contribution in [0.2, 0.25) is 0 Å². The Morgan fingerprint density at radius 1 is 1.25 bits per heavy atom. The summed E-state index contributed by atoms with van der Waals surface area (Å²) in [4.78, 5) is 10.5. The standard InChI is InChI=1S/C5H6OSi2/c1-3-7-5(6)8-4-2/h3-4H,1-2H2. The Labute approximate surface area is 54.1 Å². The molecule has 0 saturated carbocycles. The first-order chi connectivity index (χ1) is 3.81. The van der Waals surface area contributed by atoms with Crippen molar-refractivity contribution >= 4 is 24.1 Å². The number of carbonyl (C=O) groups is 1. The number of carbonyl (C=O) groups excluding carboxylic acids is 1. The lowest BCUT2D eigenvalue weighted by molar-refractivity contribution is 0.274. The van der Waals surface area contributed by atoms with E-state index < -0.39 is 0 Å². The highest BCUT2D eigenvalue weighted by Gasteiger charge is 1.95. The lowest BCUT2D eigenvalue weighted by Gasteiger charge is -1.81. The molecule has 0 aromatic carbocycles. The van der Waals surface area contributed by atoms with Gasteiger partial charge in [0.2, 0.25) is 0 Å². The van der Waals surface area contributed by atoms with Gasteiger partial charge in [0.05, 0.1) is 5.03 Å². The molecule has 0 spiro atoms. The smallest absolute Gasteiger partial charge is 0.155 e. The Bertz CT molecular complexity index is 97.0. The van der Waals surface area contributed by atoms with Crippen molar-refractivity contribution in [3.05, 3.63) is 24.6 Å². The zero-order valence-corrected chi connectivity index (χ0v) is 6.48.